The van der Waals surface area contributed by atoms with Crippen LogP contribution >= 0.6 is 0 Å². The van der Waals surface area contributed by atoms with Crippen molar-refractivity contribution in [3.05, 3.63) is 72.9 Å². The number of hydrogen-bond donors (Lipinski definition) is 0. The summed E-state index contributed by atoms with van der Waals surface area (Å²) in [6, 6.07) is 16.6. The first-order valence-corrected chi connectivity index (χ1v) is 8.00. The van der Waals surface area contributed by atoms with Crippen molar-refractivity contribution in [3.63, 3.8) is 0 Å². The van der Waals surface area contributed by atoms with Crippen molar-refractivity contribution < 1.29 is 4.39 Å². The first-order valence-electron chi connectivity index (χ1n) is 8.00. The number of halogens is 1. The smallest absolute Gasteiger partial charge is 0.150 e. The Hall–Kier alpha value is -3.21. The summed E-state index contributed by atoms with van der Waals surface area (Å²) in [5.41, 5.74) is 3.79. The molecule has 0 bridgehead atoms. The largest absolute Gasteiger partial charge is 0.362 e. The van der Waals surface area contributed by atoms with Gasteiger partial charge in [-0.1, -0.05) is 30.3 Å². The summed E-state index contributed by atoms with van der Waals surface area (Å²) < 4.78 is 15.3. The molecule has 4 nitrogen and oxygen atoms in total. The monoisotopic (exact) mass is 332 g/mol. The second-order valence-corrected chi connectivity index (χ2v) is 6.05. The van der Waals surface area contributed by atoms with Crippen LogP contribution in [0.25, 0.3) is 27.8 Å². The zero-order chi connectivity index (χ0) is 17.4. The molecule has 0 N–H and O–H groups in total. The highest BCUT2D eigenvalue weighted by Gasteiger charge is 2.18. The molecule has 4 aromatic rings. The van der Waals surface area contributed by atoms with Crippen LogP contribution < -0.4 is 4.90 Å². The van der Waals surface area contributed by atoms with Gasteiger partial charge in [0.15, 0.2) is 5.65 Å². The fraction of sp³-hybridized carbons (Fsp3) is 0.100. The first kappa shape index (κ1) is 15.3. The summed E-state index contributed by atoms with van der Waals surface area (Å²) in [4.78, 5) is 10.9. The van der Waals surface area contributed by atoms with Gasteiger partial charge in [-0.05, 0) is 29.8 Å². The van der Waals surface area contributed by atoms with Gasteiger partial charge in [-0.25, -0.2) is 14.4 Å². The van der Waals surface area contributed by atoms with Crippen molar-refractivity contribution in [3.8, 4) is 16.8 Å². The van der Waals surface area contributed by atoms with Gasteiger partial charge in [0.2, 0.25) is 0 Å². The Morgan fingerprint density at radius 3 is 2.32 bits per heavy atom. The molecule has 0 spiro atoms. The lowest BCUT2D eigenvalue weighted by Crippen LogP contribution is -2.11. The molecule has 0 saturated heterocycles. The summed E-state index contributed by atoms with van der Waals surface area (Å²) in [5.74, 6) is 0.594. The number of aromatic nitrogens is 3. The lowest BCUT2D eigenvalue weighted by Gasteiger charge is -2.13. The number of hydrogen-bond acceptors (Lipinski definition) is 3. The van der Waals surface area contributed by atoms with Gasteiger partial charge in [0, 0.05) is 31.5 Å². The van der Waals surface area contributed by atoms with Crippen LogP contribution in [-0.4, -0.2) is 28.6 Å². The highest BCUT2D eigenvalue weighted by atomic mass is 19.1. The standard InChI is InChI=1S/C20H17FN4/c1-24(2)19-18-17(14-6-4-3-5-7-14)12-25(20(18)23-13-22-19)16-10-8-15(21)9-11-16/h3-13H,1-2H3. The summed E-state index contributed by atoms with van der Waals surface area (Å²) in [6.07, 6.45) is 3.60. The number of fused-ring (bicyclic) bond motifs is 1. The molecule has 0 fully saturated rings. The lowest BCUT2D eigenvalue weighted by molar-refractivity contribution is 0.627. The third-order valence-corrected chi connectivity index (χ3v) is 4.18. The van der Waals surface area contributed by atoms with E-state index in [1.807, 2.05) is 48.0 Å². The van der Waals surface area contributed by atoms with Crippen LogP contribution in [0.2, 0.25) is 0 Å². The maximum absolute atomic E-state index is 13.3. The van der Waals surface area contributed by atoms with E-state index in [-0.39, 0.29) is 5.82 Å². The summed E-state index contributed by atoms with van der Waals surface area (Å²) in [5, 5.41) is 0.975. The van der Waals surface area contributed by atoms with Gasteiger partial charge >= 0.3 is 0 Å². The van der Waals surface area contributed by atoms with Gasteiger partial charge in [-0.2, -0.15) is 0 Å². The van der Waals surface area contributed by atoms with Crippen LogP contribution in [0.5, 0.6) is 0 Å². The van der Waals surface area contributed by atoms with E-state index in [2.05, 4.69) is 22.1 Å². The Balaban J connectivity index is 2.06. The minimum absolute atomic E-state index is 0.257. The van der Waals surface area contributed by atoms with E-state index in [4.69, 9.17) is 0 Å². The number of benzene rings is 2. The molecule has 4 rings (SSSR count). The van der Waals surface area contributed by atoms with Gasteiger partial charge in [0.25, 0.3) is 0 Å². The average molecular weight is 332 g/mol. The van der Waals surface area contributed by atoms with Crippen molar-refractivity contribution in [2.24, 2.45) is 0 Å². The van der Waals surface area contributed by atoms with E-state index in [1.165, 1.54) is 12.1 Å². The van der Waals surface area contributed by atoms with E-state index < -0.39 is 0 Å². The topological polar surface area (TPSA) is 34.0 Å². The van der Waals surface area contributed by atoms with Crippen LogP contribution in [0.1, 0.15) is 0 Å². The molecule has 0 amide bonds. The molecule has 0 saturated carbocycles. The van der Waals surface area contributed by atoms with Crippen LogP contribution in [-0.2, 0) is 0 Å². The summed E-state index contributed by atoms with van der Waals surface area (Å²) in [6.45, 7) is 0. The predicted molar refractivity (Wildman–Crippen MR) is 98.6 cm³/mol. The molecule has 0 radical (unpaired) electrons. The minimum Gasteiger partial charge on any atom is -0.362 e. The van der Waals surface area contributed by atoms with Crippen LogP contribution in [0.15, 0.2) is 67.1 Å². The molecular weight excluding hydrogens is 315 g/mol. The molecule has 5 heteroatoms. The van der Waals surface area contributed by atoms with Gasteiger partial charge in [-0.15, -0.1) is 0 Å². The molecule has 2 aromatic carbocycles. The van der Waals surface area contributed by atoms with E-state index in [9.17, 15) is 4.39 Å². The molecule has 25 heavy (non-hydrogen) atoms. The van der Waals surface area contributed by atoms with Crippen molar-refractivity contribution in [2.45, 2.75) is 0 Å². The lowest BCUT2D eigenvalue weighted by atomic mass is 10.1. The van der Waals surface area contributed by atoms with Gasteiger partial charge in [0.1, 0.15) is 18.0 Å². The van der Waals surface area contributed by atoms with Gasteiger partial charge in [0.05, 0.1) is 5.39 Å². The van der Waals surface area contributed by atoms with Crippen molar-refractivity contribution in [1.29, 1.82) is 0 Å². The quantitative estimate of drug-likeness (QED) is 0.561. The van der Waals surface area contributed by atoms with E-state index in [1.54, 1.807) is 18.5 Å². The third kappa shape index (κ3) is 2.63. The number of anilines is 1. The normalized spacial score (nSPS) is 11.0. The summed E-state index contributed by atoms with van der Waals surface area (Å²) >= 11 is 0. The predicted octanol–water partition coefficient (Wildman–Crippen LogP) is 4.29. The maximum atomic E-state index is 13.3. The Bertz CT molecular complexity index is 1020. The highest BCUT2D eigenvalue weighted by molar-refractivity contribution is 6.02. The highest BCUT2D eigenvalue weighted by Crippen LogP contribution is 2.35. The first-order chi connectivity index (χ1) is 12.1. The maximum Gasteiger partial charge on any atom is 0.150 e. The molecule has 0 atom stereocenters. The van der Waals surface area contributed by atoms with E-state index in [0.29, 0.717) is 0 Å². The number of nitrogens with zero attached hydrogens (tertiary/aromatic N) is 4. The van der Waals surface area contributed by atoms with Gasteiger partial charge < -0.3 is 9.47 Å². The van der Waals surface area contributed by atoms with Gasteiger partial charge in [-0.3, -0.25) is 0 Å². The molecule has 0 aliphatic carbocycles. The second kappa shape index (κ2) is 6.02. The minimum atomic E-state index is -0.257. The third-order valence-electron chi connectivity index (χ3n) is 4.18. The fourth-order valence-corrected chi connectivity index (χ4v) is 3.02. The summed E-state index contributed by atoms with van der Waals surface area (Å²) in [7, 11) is 3.93. The molecule has 124 valence electrons. The zero-order valence-corrected chi connectivity index (χ0v) is 14.0. The molecule has 0 aliphatic rings. The van der Waals surface area contributed by atoms with Crippen molar-refractivity contribution in [1.82, 2.24) is 14.5 Å². The van der Waals surface area contributed by atoms with Crippen molar-refractivity contribution in [2.75, 3.05) is 19.0 Å². The Labute approximate surface area is 145 Å². The molecule has 0 aliphatic heterocycles. The van der Waals surface area contributed by atoms with E-state index in [0.717, 1.165) is 33.7 Å². The zero-order valence-electron chi connectivity index (χ0n) is 14.0. The molecule has 2 heterocycles. The van der Waals surface area contributed by atoms with Crippen LogP contribution in [0.3, 0.4) is 0 Å². The molecule has 2 aromatic heterocycles. The SMILES string of the molecule is CN(C)c1ncnc2c1c(-c1ccccc1)cn2-c1ccc(F)cc1. The fourth-order valence-electron chi connectivity index (χ4n) is 3.02. The molecule has 0 unspecified atom stereocenters. The molecular formula is C20H17FN4. The van der Waals surface area contributed by atoms with E-state index >= 15 is 0 Å². The Morgan fingerprint density at radius 2 is 1.64 bits per heavy atom. The van der Waals surface area contributed by atoms with Crippen molar-refractivity contribution >= 4 is 16.9 Å². The Morgan fingerprint density at radius 1 is 0.920 bits per heavy atom. The second-order valence-electron chi connectivity index (χ2n) is 6.05. The average Bonchev–Trinajstić information content (AvgIpc) is 3.03. The van der Waals surface area contributed by atoms with Crippen LogP contribution in [0.4, 0.5) is 10.2 Å². The van der Waals surface area contributed by atoms with Crippen LogP contribution in [0, 0.1) is 5.82 Å². The Kier molecular flexibility index (Phi) is 3.69. The number of rotatable bonds is 3.